The second-order valence-corrected chi connectivity index (χ2v) is 10.1. The lowest BCUT2D eigenvalue weighted by molar-refractivity contribution is -0.142. The Kier molecular flexibility index (Phi) is 33.3. The van der Waals surface area contributed by atoms with Gasteiger partial charge in [0.1, 0.15) is 19.3 Å². The van der Waals surface area contributed by atoms with Crippen molar-refractivity contribution in [3.63, 3.8) is 0 Å². The predicted molar refractivity (Wildman–Crippen MR) is 192 cm³/mol. The third-order valence-corrected chi connectivity index (χ3v) is 4.93. The van der Waals surface area contributed by atoms with Gasteiger partial charge in [-0.1, -0.05) is 69.8 Å². The number of hydrogen-bond acceptors (Lipinski definition) is 14. The summed E-state index contributed by atoms with van der Waals surface area (Å²) in [6, 6.07) is 9.55. The smallest absolute Gasteiger partial charge is 0.335 e. The number of benzene rings is 1. The van der Waals surface area contributed by atoms with Crippen molar-refractivity contribution < 1.29 is 72.5 Å². The summed E-state index contributed by atoms with van der Waals surface area (Å²) in [4.78, 5) is 63.2. The van der Waals surface area contributed by atoms with Crippen LogP contribution in [0, 0.1) is 0 Å². The van der Waals surface area contributed by atoms with Crippen LogP contribution in [-0.2, 0) is 63.8 Å². The fourth-order valence-corrected chi connectivity index (χ4v) is 2.07. The number of aliphatic hydroxyl groups is 2. The number of hydrogen-bond donors (Lipinski definition) is 3. The summed E-state index contributed by atoms with van der Waals surface area (Å²) in [5.41, 5.74) is 2.64. The molecule has 0 spiro atoms. The van der Waals surface area contributed by atoms with E-state index in [1.54, 1.807) is 13.8 Å². The number of aliphatic hydroxyl groups excluding tert-OH is 2. The monoisotopic (exact) mass is 736 g/mol. The average Bonchev–Trinajstić information content (AvgIpc) is 3.12. The molecule has 0 saturated carbocycles. The van der Waals surface area contributed by atoms with Gasteiger partial charge in [-0.05, 0) is 33.3 Å². The van der Waals surface area contributed by atoms with E-state index in [2.05, 4.69) is 58.4 Å². The van der Waals surface area contributed by atoms with Crippen molar-refractivity contribution in [3.05, 3.63) is 109 Å². The van der Waals surface area contributed by atoms with E-state index in [1.165, 1.54) is 35.2 Å². The van der Waals surface area contributed by atoms with Gasteiger partial charge in [0.05, 0.1) is 52.3 Å². The third kappa shape index (κ3) is 32.9. The van der Waals surface area contributed by atoms with Crippen LogP contribution in [0.25, 0.3) is 0 Å². The van der Waals surface area contributed by atoms with E-state index >= 15 is 0 Å². The number of carboxylic acids is 1. The molecule has 1 atom stereocenters. The summed E-state index contributed by atoms with van der Waals surface area (Å²) in [5, 5.41) is 24.9. The maximum absolute atomic E-state index is 11.0. The highest BCUT2D eigenvalue weighted by Crippen LogP contribution is 2.03. The molecular weight excluding hydrogens is 684 g/mol. The standard InChI is InChI=1S/C11H12O2.C10H14O5.C7H12O4.C5H8O2.C4H6O2/c1-9(2)11(12)13-8-10-6-4-3-5-7-10;1-7(9(11)13-3)5-15-6-8(2)10(12)14-4;1-5(2)7(10)11-4-6(9)3-8;1-4(2)5(6)7-3;1-3(2)4(5)6/h3-7H,1,8H2,2H3;1-2,5-6H2,3-4H3;6,8-9H,1,3-4H2,2H3;1H2,2-3H3;1H2,2H3,(H,5,6). The van der Waals surface area contributed by atoms with E-state index in [-0.39, 0.29) is 54.1 Å². The topological polar surface area (TPSA) is 218 Å². The zero-order valence-corrected chi connectivity index (χ0v) is 31.0. The molecule has 52 heavy (non-hydrogen) atoms. The minimum absolute atomic E-state index is 0.0112. The van der Waals surface area contributed by atoms with Crippen molar-refractivity contribution in [1.82, 2.24) is 0 Å². The van der Waals surface area contributed by atoms with Crippen molar-refractivity contribution in [2.45, 2.75) is 40.4 Å². The van der Waals surface area contributed by atoms with Gasteiger partial charge in [0.2, 0.25) is 0 Å². The number of methoxy groups -OCH3 is 3. The number of carbonyl (C=O) groups excluding carboxylic acids is 5. The summed E-state index contributed by atoms with van der Waals surface area (Å²) in [6.45, 7) is 26.1. The van der Waals surface area contributed by atoms with Crippen LogP contribution in [0.3, 0.4) is 0 Å². The first-order chi connectivity index (χ1) is 24.1. The van der Waals surface area contributed by atoms with Crippen LogP contribution in [0.5, 0.6) is 0 Å². The molecule has 0 aromatic heterocycles. The van der Waals surface area contributed by atoms with E-state index in [0.29, 0.717) is 17.8 Å². The fourth-order valence-electron chi connectivity index (χ4n) is 2.07. The van der Waals surface area contributed by atoms with Gasteiger partial charge in [0.25, 0.3) is 0 Å². The van der Waals surface area contributed by atoms with Crippen LogP contribution >= 0.6 is 0 Å². The summed E-state index contributed by atoms with van der Waals surface area (Å²) in [7, 11) is 3.83. The lowest BCUT2D eigenvalue weighted by atomic mass is 10.2. The van der Waals surface area contributed by atoms with E-state index in [9.17, 15) is 28.8 Å². The van der Waals surface area contributed by atoms with Gasteiger partial charge < -0.3 is 43.7 Å². The minimum Gasteiger partial charge on any atom is -0.478 e. The van der Waals surface area contributed by atoms with Gasteiger partial charge in [-0.3, -0.25) is 0 Å². The Balaban J connectivity index is -0.000000287. The Labute approximate surface area is 305 Å². The molecule has 15 heteroatoms. The van der Waals surface area contributed by atoms with E-state index < -0.39 is 36.6 Å². The Morgan fingerprint density at radius 1 is 0.615 bits per heavy atom. The van der Waals surface area contributed by atoms with E-state index in [4.69, 9.17) is 24.8 Å². The van der Waals surface area contributed by atoms with Gasteiger partial charge in [-0.25, -0.2) is 28.8 Å². The summed E-state index contributed by atoms with van der Waals surface area (Å²) < 4.78 is 27.5. The van der Waals surface area contributed by atoms with Crippen molar-refractivity contribution in [2.24, 2.45) is 0 Å². The quantitative estimate of drug-likeness (QED) is 0.133. The van der Waals surface area contributed by atoms with Crippen molar-refractivity contribution >= 4 is 35.8 Å². The molecule has 0 fully saturated rings. The lowest BCUT2D eigenvalue weighted by Crippen LogP contribution is -2.22. The molecule has 0 aliphatic heterocycles. The number of esters is 5. The number of ether oxygens (including phenoxy) is 6. The molecule has 1 rings (SSSR count). The predicted octanol–water partition coefficient (Wildman–Crippen LogP) is 3.61. The molecule has 0 amide bonds. The Bertz CT molecular complexity index is 1330. The van der Waals surface area contributed by atoms with Gasteiger partial charge in [-0.2, -0.15) is 0 Å². The van der Waals surface area contributed by atoms with Gasteiger partial charge >= 0.3 is 35.8 Å². The molecule has 0 aliphatic rings. The van der Waals surface area contributed by atoms with Gasteiger partial charge in [0.15, 0.2) is 0 Å². The normalized spacial score (nSPS) is 9.48. The third-order valence-electron chi connectivity index (χ3n) is 4.93. The molecule has 1 unspecified atom stereocenters. The Morgan fingerprint density at radius 3 is 1.27 bits per heavy atom. The molecule has 1 aromatic carbocycles. The van der Waals surface area contributed by atoms with Crippen LogP contribution < -0.4 is 0 Å². The van der Waals surface area contributed by atoms with E-state index in [0.717, 1.165) is 5.56 Å². The maximum atomic E-state index is 11.0. The first-order valence-electron chi connectivity index (χ1n) is 14.8. The second kappa shape index (κ2) is 32.6. The molecule has 0 saturated heterocycles. The Hall–Kier alpha value is -5.64. The van der Waals surface area contributed by atoms with E-state index in [1.807, 2.05) is 30.3 Å². The highest BCUT2D eigenvalue weighted by Gasteiger charge is 2.10. The summed E-state index contributed by atoms with van der Waals surface area (Å²) in [5.74, 6) is -3.27. The Morgan fingerprint density at radius 2 is 0.981 bits per heavy atom. The zero-order valence-electron chi connectivity index (χ0n) is 31.0. The maximum Gasteiger partial charge on any atom is 0.335 e. The molecule has 0 radical (unpaired) electrons. The largest absolute Gasteiger partial charge is 0.478 e. The molecular formula is C37H52O15. The van der Waals surface area contributed by atoms with Gasteiger partial charge in [-0.15, -0.1) is 0 Å². The van der Waals surface area contributed by atoms with Crippen LogP contribution in [0.15, 0.2) is 103 Å². The van der Waals surface area contributed by atoms with Crippen LogP contribution in [0.4, 0.5) is 0 Å². The summed E-state index contributed by atoms with van der Waals surface area (Å²) in [6.07, 6.45) is -1.00. The number of carboxylic acid groups (broad SMARTS) is 1. The minimum atomic E-state index is -1.00. The van der Waals surface area contributed by atoms with Crippen LogP contribution in [-0.4, -0.2) is 105 Å². The molecule has 1 aromatic rings. The molecule has 0 heterocycles. The summed E-state index contributed by atoms with van der Waals surface area (Å²) >= 11 is 0. The van der Waals surface area contributed by atoms with Crippen molar-refractivity contribution in [3.8, 4) is 0 Å². The molecule has 290 valence electrons. The average molecular weight is 737 g/mol. The molecule has 15 nitrogen and oxygen atoms in total. The van der Waals surface area contributed by atoms with Crippen molar-refractivity contribution in [2.75, 3.05) is 47.8 Å². The first-order valence-corrected chi connectivity index (χ1v) is 14.8. The molecule has 3 N–H and O–H groups in total. The van der Waals surface area contributed by atoms with Gasteiger partial charge in [0, 0.05) is 22.3 Å². The van der Waals surface area contributed by atoms with Crippen LogP contribution in [0.1, 0.15) is 33.3 Å². The van der Waals surface area contributed by atoms with Crippen molar-refractivity contribution in [1.29, 1.82) is 0 Å². The first kappa shape index (κ1) is 53.2. The molecule has 0 bridgehead atoms. The number of aliphatic carboxylic acids is 1. The fraction of sp³-hybridized carbons (Fsp3) is 0.351. The number of rotatable bonds is 15. The highest BCUT2D eigenvalue weighted by atomic mass is 16.6. The van der Waals surface area contributed by atoms with Crippen LogP contribution in [0.2, 0.25) is 0 Å². The zero-order chi connectivity index (χ0) is 41.4. The molecule has 0 aliphatic carbocycles. The highest BCUT2D eigenvalue weighted by molar-refractivity contribution is 5.89. The number of carbonyl (C=O) groups is 6. The SMILES string of the molecule is C=C(C)C(=O)O.C=C(C)C(=O)OC.C=C(C)C(=O)OCC(O)CO.C=C(C)C(=O)OCc1ccccc1.C=C(COCC(=C)C(=O)OC)C(=O)OC. The lowest BCUT2D eigenvalue weighted by Gasteiger charge is -2.07. The second-order valence-electron chi connectivity index (χ2n) is 10.1.